The van der Waals surface area contributed by atoms with Gasteiger partial charge in [-0.15, -0.1) is 0 Å². The first-order valence-corrected chi connectivity index (χ1v) is 9.86. The van der Waals surface area contributed by atoms with Gasteiger partial charge in [-0.3, -0.25) is 15.1 Å². The monoisotopic (exact) mass is 383 g/mol. The van der Waals surface area contributed by atoms with Crippen molar-refractivity contribution >= 4 is 5.91 Å². The van der Waals surface area contributed by atoms with Gasteiger partial charge in [-0.25, -0.2) is 4.39 Å². The number of nitrogens with zero attached hydrogens (tertiary/aromatic N) is 2. The molecule has 1 aromatic heterocycles. The van der Waals surface area contributed by atoms with Crippen LogP contribution >= 0.6 is 0 Å². The number of likely N-dealkylation sites (tertiary alicyclic amines) is 1. The second kappa shape index (κ2) is 7.17. The molecular formula is C22H26FN3O2. The minimum absolute atomic E-state index is 0.0129. The first-order valence-electron chi connectivity index (χ1n) is 9.86. The number of nitrogens with one attached hydrogen (secondary N) is 1. The number of rotatable bonds is 4. The van der Waals surface area contributed by atoms with E-state index in [1.807, 2.05) is 33.2 Å². The first-order chi connectivity index (χ1) is 13.4. The molecule has 0 aliphatic carbocycles. The van der Waals surface area contributed by atoms with Gasteiger partial charge in [0.1, 0.15) is 17.1 Å². The lowest BCUT2D eigenvalue weighted by Crippen LogP contribution is -2.47. The molecule has 2 atom stereocenters. The van der Waals surface area contributed by atoms with Crippen LogP contribution in [-0.4, -0.2) is 41.5 Å². The summed E-state index contributed by atoms with van der Waals surface area (Å²) < 4.78 is 19.7. The Bertz CT molecular complexity index is 917. The Morgan fingerprint density at radius 3 is 2.86 bits per heavy atom. The van der Waals surface area contributed by atoms with Crippen molar-refractivity contribution in [2.45, 2.75) is 44.7 Å². The molecule has 1 aromatic carbocycles. The Balaban J connectivity index is 1.68. The van der Waals surface area contributed by atoms with Crippen LogP contribution in [0.3, 0.4) is 0 Å². The number of benzene rings is 1. The molecular weight excluding hydrogens is 357 g/mol. The van der Waals surface area contributed by atoms with E-state index in [9.17, 15) is 9.18 Å². The van der Waals surface area contributed by atoms with Crippen LogP contribution in [0, 0.1) is 12.7 Å². The quantitative estimate of drug-likeness (QED) is 0.876. The van der Waals surface area contributed by atoms with Crippen molar-refractivity contribution in [3.8, 4) is 16.9 Å². The maximum absolute atomic E-state index is 14.0. The highest BCUT2D eigenvalue weighted by molar-refractivity contribution is 5.88. The Kier molecular flexibility index (Phi) is 4.83. The summed E-state index contributed by atoms with van der Waals surface area (Å²) in [5, 5.41) is 3.55. The molecule has 0 bridgehead atoms. The van der Waals surface area contributed by atoms with E-state index in [1.54, 1.807) is 11.0 Å². The standard InChI is InChI=1S/C22H26FN3O2/c1-4-28-20-6-5-15(23)11-17(20)16-12-19(24-13-14(16)2)18-7-8-22(25-18)9-10-26(3)21(22)27/h5-6,11-13,18,25H,4,7-10H2,1-3H3/t18-,22-/m1/s1. The van der Waals surface area contributed by atoms with Gasteiger partial charge in [-0.05, 0) is 68.5 Å². The van der Waals surface area contributed by atoms with E-state index in [1.165, 1.54) is 12.1 Å². The maximum atomic E-state index is 14.0. The number of ether oxygens (including phenoxy) is 1. The summed E-state index contributed by atoms with van der Waals surface area (Å²) in [4.78, 5) is 19.0. The van der Waals surface area contributed by atoms with Crippen LogP contribution in [0.25, 0.3) is 11.1 Å². The normalized spacial score (nSPS) is 24.4. The van der Waals surface area contributed by atoms with Crippen LogP contribution in [0.1, 0.15) is 43.5 Å². The summed E-state index contributed by atoms with van der Waals surface area (Å²) in [6, 6.07) is 6.61. The fourth-order valence-electron chi connectivity index (χ4n) is 4.40. The third-order valence-corrected chi connectivity index (χ3v) is 5.95. The number of carbonyl (C=O) groups excluding carboxylic acids is 1. The van der Waals surface area contributed by atoms with E-state index >= 15 is 0 Å². The minimum Gasteiger partial charge on any atom is -0.493 e. The number of halogens is 1. The molecule has 0 radical (unpaired) electrons. The van der Waals surface area contributed by atoms with Crippen LogP contribution < -0.4 is 10.1 Å². The summed E-state index contributed by atoms with van der Waals surface area (Å²) in [5.74, 6) is 0.535. The number of aryl methyl sites for hydroxylation is 1. The molecule has 148 valence electrons. The number of likely N-dealkylation sites (N-methyl/N-ethyl adjacent to an activating group) is 1. The van der Waals surface area contributed by atoms with Crippen molar-refractivity contribution in [1.82, 2.24) is 15.2 Å². The lowest BCUT2D eigenvalue weighted by atomic mass is 9.96. The third kappa shape index (κ3) is 3.15. The van der Waals surface area contributed by atoms with E-state index in [-0.39, 0.29) is 17.8 Å². The Hall–Kier alpha value is -2.47. The summed E-state index contributed by atoms with van der Waals surface area (Å²) >= 11 is 0. The smallest absolute Gasteiger partial charge is 0.242 e. The first kappa shape index (κ1) is 18.9. The fourth-order valence-corrected chi connectivity index (χ4v) is 4.40. The molecule has 2 aliphatic heterocycles. The van der Waals surface area contributed by atoms with Crippen molar-refractivity contribution in [2.75, 3.05) is 20.2 Å². The molecule has 2 saturated heterocycles. The maximum Gasteiger partial charge on any atom is 0.242 e. The summed E-state index contributed by atoms with van der Waals surface area (Å²) in [6.45, 7) is 5.17. The van der Waals surface area contributed by atoms with Gasteiger partial charge in [0.15, 0.2) is 0 Å². The number of carbonyl (C=O) groups is 1. The SMILES string of the molecule is CCOc1ccc(F)cc1-c1cc([C@H]2CC[C@]3(CCN(C)C3=O)N2)ncc1C. The van der Waals surface area contributed by atoms with Crippen molar-refractivity contribution in [3.05, 3.63) is 47.5 Å². The molecule has 5 nitrogen and oxygen atoms in total. The number of hydrogen-bond donors (Lipinski definition) is 1. The highest BCUT2D eigenvalue weighted by Crippen LogP contribution is 2.40. The van der Waals surface area contributed by atoms with Crippen molar-refractivity contribution < 1.29 is 13.9 Å². The summed E-state index contributed by atoms with van der Waals surface area (Å²) in [7, 11) is 1.85. The van der Waals surface area contributed by atoms with Crippen LogP contribution in [0.15, 0.2) is 30.5 Å². The second-order valence-electron chi connectivity index (χ2n) is 7.79. The molecule has 0 unspecified atom stereocenters. The van der Waals surface area contributed by atoms with Crippen molar-refractivity contribution in [3.63, 3.8) is 0 Å². The van der Waals surface area contributed by atoms with Gasteiger partial charge in [-0.2, -0.15) is 0 Å². The van der Waals surface area contributed by atoms with Gasteiger partial charge < -0.3 is 9.64 Å². The van der Waals surface area contributed by atoms with Crippen molar-refractivity contribution in [2.24, 2.45) is 0 Å². The van der Waals surface area contributed by atoms with Crippen LogP contribution in [0.2, 0.25) is 0 Å². The lowest BCUT2D eigenvalue weighted by molar-refractivity contribution is -0.131. The zero-order valence-corrected chi connectivity index (χ0v) is 16.6. The zero-order chi connectivity index (χ0) is 19.9. The predicted octanol–water partition coefficient (Wildman–Crippen LogP) is 3.62. The Labute approximate surface area is 164 Å². The van der Waals surface area contributed by atoms with Gasteiger partial charge in [0.2, 0.25) is 5.91 Å². The molecule has 1 amide bonds. The van der Waals surface area contributed by atoms with E-state index in [0.29, 0.717) is 12.4 Å². The van der Waals surface area contributed by atoms with Crippen LogP contribution in [0.4, 0.5) is 4.39 Å². The Morgan fingerprint density at radius 1 is 1.32 bits per heavy atom. The topological polar surface area (TPSA) is 54.5 Å². The lowest BCUT2D eigenvalue weighted by Gasteiger charge is -2.23. The highest BCUT2D eigenvalue weighted by atomic mass is 19.1. The molecule has 1 N–H and O–H groups in total. The largest absolute Gasteiger partial charge is 0.493 e. The zero-order valence-electron chi connectivity index (χ0n) is 16.6. The Morgan fingerprint density at radius 2 is 2.14 bits per heavy atom. The molecule has 0 saturated carbocycles. The molecule has 28 heavy (non-hydrogen) atoms. The fraction of sp³-hybridized carbons (Fsp3) is 0.455. The molecule has 2 aliphatic rings. The average Bonchev–Trinajstić information content (AvgIpc) is 3.24. The molecule has 2 aromatic rings. The molecule has 6 heteroatoms. The van der Waals surface area contributed by atoms with Crippen molar-refractivity contribution in [1.29, 1.82) is 0 Å². The van der Waals surface area contributed by atoms with Crippen LogP contribution in [0.5, 0.6) is 5.75 Å². The minimum atomic E-state index is -0.457. The number of hydrogen-bond acceptors (Lipinski definition) is 4. The van der Waals surface area contributed by atoms with Gasteiger partial charge >= 0.3 is 0 Å². The second-order valence-corrected chi connectivity index (χ2v) is 7.79. The van der Waals surface area contributed by atoms with Crippen LogP contribution in [-0.2, 0) is 4.79 Å². The number of pyridine rings is 1. The summed E-state index contributed by atoms with van der Waals surface area (Å²) in [5.41, 5.74) is 3.02. The van der Waals surface area contributed by atoms with E-state index < -0.39 is 5.54 Å². The average molecular weight is 383 g/mol. The third-order valence-electron chi connectivity index (χ3n) is 5.95. The van der Waals surface area contributed by atoms with E-state index in [2.05, 4.69) is 10.3 Å². The molecule has 4 rings (SSSR count). The number of aromatic nitrogens is 1. The van der Waals surface area contributed by atoms with Gasteiger partial charge in [0.05, 0.1) is 18.3 Å². The summed E-state index contributed by atoms with van der Waals surface area (Å²) in [6.07, 6.45) is 4.32. The van der Waals surface area contributed by atoms with E-state index in [4.69, 9.17) is 4.74 Å². The highest BCUT2D eigenvalue weighted by Gasteiger charge is 2.50. The number of amides is 1. The molecule has 2 fully saturated rings. The van der Waals surface area contributed by atoms with Gasteiger partial charge in [0, 0.05) is 25.4 Å². The van der Waals surface area contributed by atoms with Gasteiger partial charge in [-0.1, -0.05) is 0 Å². The predicted molar refractivity (Wildman–Crippen MR) is 106 cm³/mol. The molecule has 1 spiro atoms. The molecule has 3 heterocycles. The van der Waals surface area contributed by atoms with E-state index in [0.717, 1.165) is 48.2 Å². The van der Waals surface area contributed by atoms with Gasteiger partial charge in [0.25, 0.3) is 0 Å².